The van der Waals surface area contributed by atoms with Gasteiger partial charge in [0.1, 0.15) is 5.69 Å². The number of nitro benzene ring substituents is 1. The summed E-state index contributed by atoms with van der Waals surface area (Å²) in [5.41, 5.74) is 7.20. The highest BCUT2D eigenvalue weighted by atomic mass is 35.5. The summed E-state index contributed by atoms with van der Waals surface area (Å²) in [5, 5.41) is 37.7. The Morgan fingerprint density at radius 1 is 0.845 bits per heavy atom. The number of piperazine rings is 1. The lowest BCUT2D eigenvalue weighted by molar-refractivity contribution is -0.383. The van der Waals surface area contributed by atoms with E-state index in [1.54, 1.807) is 28.6 Å². The number of hydrogen-bond donors (Lipinski definition) is 3. The van der Waals surface area contributed by atoms with Crippen LogP contribution in [0, 0.1) is 17.0 Å². The third-order valence-electron chi connectivity index (χ3n) is 13.9. The zero-order chi connectivity index (χ0) is 49.8. The highest BCUT2D eigenvalue weighted by Crippen LogP contribution is 2.56. The second-order valence-electron chi connectivity index (χ2n) is 18.8. The van der Waals surface area contributed by atoms with Crippen LogP contribution in [0.25, 0.3) is 22.4 Å². The molecule has 0 bridgehead atoms. The fourth-order valence-corrected chi connectivity index (χ4v) is 13.6. The molecule has 3 saturated heterocycles. The van der Waals surface area contributed by atoms with Gasteiger partial charge in [0.25, 0.3) is 5.69 Å². The fourth-order valence-electron chi connectivity index (χ4n) is 10.2. The summed E-state index contributed by atoms with van der Waals surface area (Å²) in [4.78, 5) is 33.3. The standard InChI is InChI=1S/C54H61ClN7O7PS/c1-37(2)61-38(3)51(54(64)65)52(53(61)39-12-14-41(55)15-13-39)40-8-7-9-45(34-40)59-30-28-58(29-31-59)43-16-18-44(19-17-43)60-32-33-69-70(60,68)47-20-21-49(50(35-47)62(66)67)56-42(36-71-48-10-5-4-6-11-48)22-25-57-26-23-46(63)24-27-57/h4-21,34-35,37,42,46,56,63H,22-33,36H2,1-3H3,(H,64,65)/t42-,70+/m1/s1. The minimum Gasteiger partial charge on any atom is -0.478 e. The largest absolute Gasteiger partial charge is 0.478 e. The first-order valence-electron chi connectivity index (χ1n) is 24.4. The van der Waals surface area contributed by atoms with Crippen LogP contribution in [0.3, 0.4) is 0 Å². The number of anilines is 4. The highest BCUT2D eigenvalue weighted by Gasteiger charge is 2.41. The van der Waals surface area contributed by atoms with Crippen LogP contribution in [0.15, 0.2) is 126 Å². The molecule has 17 heteroatoms. The summed E-state index contributed by atoms with van der Waals surface area (Å²) in [6.45, 7) is 12.0. The summed E-state index contributed by atoms with van der Waals surface area (Å²) >= 11 is 7.98. The molecule has 372 valence electrons. The molecular formula is C54H61ClN7O7PS. The van der Waals surface area contributed by atoms with E-state index in [9.17, 15) is 29.7 Å². The summed E-state index contributed by atoms with van der Waals surface area (Å²) in [5.74, 6) is -0.281. The van der Waals surface area contributed by atoms with E-state index < -0.39 is 18.4 Å². The van der Waals surface area contributed by atoms with Crippen LogP contribution in [-0.2, 0) is 9.09 Å². The second-order valence-corrected chi connectivity index (χ2v) is 22.6. The van der Waals surface area contributed by atoms with Gasteiger partial charge in [0.15, 0.2) is 0 Å². The van der Waals surface area contributed by atoms with Gasteiger partial charge in [0.2, 0.25) is 0 Å². The van der Waals surface area contributed by atoms with E-state index in [-0.39, 0.29) is 35.8 Å². The quantitative estimate of drug-likeness (QED) is 0.0344. The number of aliphatic hydroxyl groups excluding tert-OH is 1. The minimum atomic E-state index is -3.71. The molecule has 0 unspecified atom stereocenters. The summed E-state index contributed by atoms with van der Waals surface area (Å²) < 4.78 is 24.7. The Labute approximate surface area is 424 Å². The number of carbonyl (C=O) groups is 1. The van der Waals surface area contributed by atoms with E-state index in [1.807, 2.05) is 85.8 Å². The number of aromatic carboxylic acids is 1. The van der Waals surface area contributed by atoms with Crippen LogP contribution in [0.5, 0.6) is 0 Å². The smallest absolute Gasteiger partial charge is 0.338 e. The number of benzene rings is 5. The molecule has 5 aromatic carbocycles. The van der Waals surface area contributed by atoms with Crippen molar-refractivity contribution in [3.8, 4) is 22.4 Å². The van der Waals surface area contributed by atoms with Crippen molar-refractivity contribution in [2.24, 2.45) is 0 Å². The van der Waals surface area contributed by atoms with Gasteiger partial charge in [0.05, 0.1) is 40.7 Å². The molecule has 3 aliphatic rings. The summed E-state index contributed by atoms with van der Waals surface area (Å²) in [6, 6.07) is 38.4. The van der Waals surface area contributed by atoms with Crippen molar-refractivity contribution in [3.63, 3.8) is 0 Å². The Morgan fingerprint density at radius 2 is 1.52 bits per heavy atom. The predicted octanol–water partition coefficient (Wildman–Crippen LogP) is 11.1. The number of likely N-dealkylation sites (tertiary alicyclic amines) is 1. The van der Waals surface area contributed by atoms with Gasteiger partial charge in [-0.3, -0.25) is 19.3 Å². The van der Waals surface area contributed by atoms with E-state index >= 15 is 0 Å². The number of rotatable bonds is 17. The Morgan fingerprint density at radius 3 is 2.18 bits per heavy atom. The zero-order valence-electron chi connectivity index (χ0n) is 40.3. The first kappa shape index (κ1) is 50.2. The molecule has 3 aliphatic heterocycles. The normalized spacial score (nSPS) is 18.3. The van der Waals surface area contributed by atoms with Gasteiger partial charge in [-0.2, -0.15) is 0 Å². The Balaban J connectivity index is 0.885. The molecule has 14 nitrogen and oxygen atoms in total. The van der Waals surface area contributed by atoms with Crippen LogP contribution in [0.1, 0.15) is 55.2 Å². The van der Waals surface area contributed by atoms with Crippen molar-refractivity contribution in [1.82, 2.24) is 9.47 Å². The maximum Gasteiger partial charge on any atom is 0.338 e. The highest BCUT2D eigenvalue weighted by molar-refractivity contribution is 7.99. The maximum absolute atomic E-state index is 14.9. The minimum absolute atomic E-state index is 0.0162. The lowest BCUT2D eigenvalue weighted by Gasteiger charge is -2.37. The molecular weight excluding hydrogens is 957 g/mol. The molecule has 0 amide bonds. The molecule has 0 radical (unpaired) electrons. The number of carboxylic acids is 1. The van der Waals surface area contributed by atoms with Gasteiger partial charge >= 0.3 is 13.5 Å². The van der Waals surface area contributed by atoms with Crippen LogP contribution < -0.4 is 25.1 Å². The lowest BCUT2D eigenvalue weighted by Crippen LogP contribution is -2.46. The average Bonchev–Trinajstić information content (AvgIpc) is 3.93. The number of carboxylic acid groups (broad SMARTS) is 1. The summed E-state index contributed by atoms with van der Waals surface area (Å²) in [6.07, 6.45) is 1.97. The molecule has 6 aromatic rings. The number of aliphatic hydroxyl groups is 1. The second kappa shape index (κ2) is 21.9. The van der Waals surface area contributed by atoms with Crippen molar-refractivity contribution in [2.45, 2.75) is 63.1 Å². The molecule has 0 aliphatic carbocycles. The molecule has 0 saturated carbocycles. The van der Waals surface area contributed by atoms with Gasteiger partial charge in [-0.05, 0) is 124 Å². The van der Waals surface area contributed by atoms with Gasteiger partial charge in [-0.1, -0.05) is 54.1 Å². The molecule has 4 heterocycles. The number of piperidine rings is 1. The molecule has 3 N–H and O–H groups in total. The topological polar surface area (TPSA) is 157 Å². The fraction of sp³-hybridized carbons (Fsp3) is 0.352. The molecule has 71 heavy (non-hydrogen) atoms. The van der Waals surface area contributed by atoms with Crippen LogP contribution in [0.2, 0.25) is 5.02 Å². The number of thioether (sulfide) groups is 1. The number of hydrogen-bond acceptors (Lipinski definition) is 11. The van der Waals surface area contributed by atoms with Crippen molar-refractivity contribution in [1.29, 1.82) is 0 Å². The Bertz CT molecular complexity index is 2890. The monoisotopic (exact) mass is 1020 g/mol. The number of nitro groups is 1. The predicted molar refractivity (Wildman–Crippen MR) is 288 cm³/mol. The van der Waals surface area contributed by atoms with Gasteiger partial charge in [-0.15, -0.1) is 11.8 Å². The van der Waals surface area contributed by atoms with E-state index in [4.69, 9.17) is 16.1 Å². The van der Waals surface area contributed by atoms with Gasteiger partial charge in [0, 0.05) is 108 Å². The van der Waals surface area contributed by atoms with Crippen LogP contribution in [0.4, 0.5) is 28.4 Å². The third-order valence-corrected chi connectivity index (χ3v) is 17.8. The Hall–Kier alpha value is -5.80. The summed E-state index contributed by atoms with van der Waals surface area (Å²) in [7, 11) is -3.71. The number of nitrogens with one attached hydrogen (secondary N) is 1. The zero-order valence-corrected chi connectivity index (χ0v) is 42.8. The lowest BCUT2D eigenvalue weighted by atomic mass is 9.96. The molecule has 1 aromatic heterocycles. The van der Waals surface area contributed by atoms with E-state index in [0.717, 1.165) is 98.2 Å². The van der Waals surface area contributed by atoms with Crippen LogP contribution in [-0.4, -0.2) is 107 Å². The Kier molecular flexibility index (Phi) is 15.5. The van der Waals surface area contributed by atoms with Crippen molar-refractivity contribution in [2.75, 3.05) is 84.5 Å². The van der Waals surface area contributed by atoms with Crippen molar-refractivity contribution in [3.05, 3.63) is 148 Å². The van der Waals surface area contributed by atoms with E-state index in [1.165, 1.54) is 6.07 Å². The number of nitrogens with zero attached hydrogens (tertiary/aromatic N) is 6. The van der Waals surface area contributed by atoms with Gasteiger partial charge in [-0.25, -0.2) is 4.79 Å². The van der Waals surface area contributed by atoms with E-state index in [0.29, 0.717) is 45.5 Å². The van der Waals surface area contributed by atoms with Crippen molar-refractivity contribution >= 4 is 70.6 Å². The molecule has 2 atom stereocenters. The first-order chi connectivity index (χ1) is 34.3. The maximum atomic E-state index is 14.9. The molecule has 0 spiro atoms. The van der Waals surface area contributed by atoms with Gasteiger partial charge < -0.3 is 39.3 Å². The average molecular weight is 1020 g/mol. The van der Waals surface area contributed by atoms with Crippen molar-refractivity contribution < 1.29 is 29.0 Å². The first-order valence-corrected chi connectivity index (χ1v) is 27.3. The molecule has 3 fully saturated rings. The third kappa shape index (κ3) is 11.0. The van der Waals surface area contributed by atoms with Crippen LogP contribution >= 0.6 is 30.9 Å². The number of halogens is 1. The molecule has 9 rings (SSSR count). The SMILES string of the molecule is Cc1c(C(=O)O)c(-c2cccc(N3CCN(c4ccc(N5CCO[P@@]5(=O)c5ccc(N[C@H](CCN6CCC(O)CC6)CSc6ccccc6)c([N+](=O)[O-])c5)cc4)CC3)c2)c(-c2ccc(Cl)cc2)n1C(C)C. The number of aromatic nitrogens is 1. The van der Waals surface area contributed by atoms with E-state index in [2.05, 4.69) is 62.7 Å².